The highest BCUT2D eigenvalue weighted by Crippen LogP contribution is 2.55. The maximum atomic E-state index is 9.91. The average Bonchev–Trinajstić information content (AvgIpc) is 3.00. The fourth-order valence-corrected chi connectivity index (χ4v) is 5.52. The minimum Gasteiger partial charge on any atom is -0.508 e. The lowest BCUT2D eigenvalue weighted by molar-refractivity contribution is 0.0214. The second-order valence-corrected chi connectivity index (χ2v) is 8.09. The van der Waals surface area contributed by atoms with E-state index in [4.69, 9.17) is 4.74 Å². The van der Waals surface area contributed by atoms with E-state index in [0.717, 1.165) is 18.4 Å². The highest BCUT2D eigenvalue weighted by Gasteiger charge is 2.49. The minimum absolute atomic E-state index is 0.240. The molecule has 0 radical (unpaired) electrons. The van der Waals surface area contributed by atoms with Crippen LogP contribution in [0.3, 0.4) is 0 Å². The molecule has 1 saturated heterocycles. The summed E-state index contributed by atoms with van der Waals surface area (Å²) in [4.78, 5) is 0. The Labute approximate surface area is 133 Å². The van der Waals surface area contributed by atoms with Crippen LogP contribution in [-0.4, -0.2) is 17.8 Å². The number of phenolic OH excluding ortho intramolecular Hbond substituents is 1. The van der Waals surface area contributed by atoms with Crippen LogP contribution >= 0.6 is 0 Å². The molecule has 22 heavy (non-hydrogen) atoms. The summed E-state index contributed by atoms with van der Waals surface area (Å²) < 4.78 is 5.91. The van der Waals surface area contributed by atoms with Gasteiger partial charge in [-0.2, -0.15) is 0 Å². The number of fused-ring (bicyclic) bond motifs is 4. The molecule has 3 aliphatic rings. The van der Waals surface area contributed by atoms with Crippen LogP contribution in [0.5, 0.6) is 5.75 Å². The van der Waals surface area contributed by atoms with Gasteiger partial charge >= 0.3 is 0 Å². The van der Waals surface area contributed by atoms with Gasteiger partial charge in [0, 0.05) is 6.61 Å². The van der Waals surface area contributed by atoms with Gasteiger partial charge in [-0.15, -0.1) is 0 Å². The van der Waals surface area contributed by atoms with E-state index in [-0.39, 0.29) is 5.41 Å². The van der Waals surface area contributed by atoms with Crippen molar-refractivity contribution in [3.05, 3.63) is 29.3 Å². The first-order valence-corrected chi connectivity index (χ1v) is 9.02. The summed E-state index contributed by atoms with van der Waals surface area (Å²) in [6.45, 7) is 5.83. The molecule has 2 bridgehead atoms. The summed E-state index contributed by atoms with van der Waals surface area (Å²) in [5.41, 5.74) is 3.12. The molecule has 2 heteroatoms. The van der Waals surface area contributed by atoms with Gasteiger partial charge in [-0.25, -0.2) is 0 Å². The van der Waals surface area contributed by atoms with Gasteiger partial charge < -0.3 is 9.84 Å². The first-order valence-electron chi connectivity index (χ1n) is 9.02. The number of rotatable bonds is 2. The van der Waals surface area contributed by atoms with Crippen LogP contribution in [0.1, 0.15) is 57.1 Å². The van der Waals surface area contributed by atoms with Crippen LogP contribution in [-0.2, 0) is 16.6 Å². The number of benzene rings is 1. The van der Waals surface area contributed by atoms with E-state index < -0.39 is 0 Å². The Morgan fingerprint density at radius 3 is 2.95 bits per heavy atom. The zero-order valence-electron chi connectivity index (χ0n) is 13.8. The van der Waals surface area contributed by atoms with Crippen molar-refractivity contribution in [2.45, 2.75) is 63.9 Å². The Hall–Kier alpha value is -1.02. The Bertz CT molecular complexity index is 561. The third kappa shape index (κ3) is 2.19. The van der Waals surface area contributed by atoms with Crippen LogP contribution in [0.4, 0.5) is 0 Å². The van der Waals surface area contributed by atoms with Crippen molar-refractivity contribution in [3.8, 4) is 5.75 Å². The predicted molar refractivity (Wildman–Crippen MR) is 88.1 cm³/mol. The second-order valence-electron chi connectivity index (χ2n) is 8.09. The average molecular weight is 300 g/mol. The van der Waals surface area contributed by atoms with Gasteiger partial charge in [0.1, 0.15) is 5.75 Å². The van der Waals surface area contributed by atoms with E-state index >= 15 is 0 Å². The fraction of sp³-hybridized carbons (Fsp3) is 0.700. The monoisotopic (exact) mass is 300 g/mol. The highest BCUT2D eigenvalue weighted by molar-refractivity contribution is 5.43. The topological polar surface area (TPSA) is 29.5 Å². The summed E-state index contributed by atoms with van der Waals surface area (Å²) in [5, 5.41) is 9.91. The molecule has 1 aromatic rings. The Morgan fingerprint density at radius 2 is 2.18 bits per heavy atom. The normalized spacial score (nSPS) is 40.5. The van der Waals surface area contributed by atoms with Crippen molar-refractivity contribution in [1.29, 1.82) is 0 Å². The van der Waals surface area contributed by atoms with Gasteiger partial charge in [0.2, 0.25) is 0 Å². The molecule has 1 unspecified atom stereocenters. The Balaban J connectivity index is 1.63. The summed E-state index contributed by atoms with van der Waals surface area (Å²) >= 11 is 0. The SMILES string of the molecule is C[C@H]1[C@H]2Cc3ccc(O)cc3[C@@]1(C)CCC2C[C@@H]1CCCO1. The van der Waals surface area contributed by atoms with E-state index in [9.17, 15) is 5.11 Å². The summed E-state index contributed by atoms with van der Waals surface area (Å²) in [5.74, 6) is 2.71. The minimum atomic E-state index is 0.240. The molecule has 0 spiro atoms. The van der Waals surface area contributed by atoms with Crippen LogP contribution in [0, 0.1) is 17.8 Å². The summed E-state index contributed by atoms with van der Waals surface area (Å²) in [6.07, 6.45) is 8.04. The largest absolute Gasteiger partial charge is 0.508 e. The van der Waals surface area contributed by atoms with Crippen molar-refractivity contribution in [2.24, 2.45) is 17.8 Å². The van der Waals surface area contributed by atoms with Gasteiger partial charge in [0.15, 0.2) is 0 Å². The summed E-state index contributed by atoms with van der Waals surface area (Å²) in [6, 6.07) is 6.06. The molecule has 1 heterocycles. The predicted octanol–water partition coefficient (Wildman–Crippen LogP) is 4.44. The molecule has 1 N–H and O–H groups in total. The molecule has 1 aliphatic heterocycles. The van der Waals surface area contributed by atoms with E-state index in [1.165, 1.54) is 49.7 Å². The third-order valence-corrected chi connectivity index (χ3v) is 7.04. The lowest BCUT2D eigenvalue weighted by atomic mass is 9.51. The Kier molecular flexibility index (Phi) is 3.48. The van der Waals surface area contributed by atoms with Gasteiger partial charge in [0.05, 0.1) is 6.10 Å². The summed E-state index contributed by atoms with van der Waals surface area (Å²) in [7, 11) is 0. The maximum Gasteiger partial charge on any atom is 0.115 e. The lowest BCUT2D eigenvalue weighted by Gasteiger charge is -2.53. The van der Waals surface area contributed by atoms with Gasteiger partial charge in [-0.3, -0.25) is 0 Å². The molecule has 5 atom stereocenters. The van der Waals surface area contributed by atoms with E-state index in [1.54, 1.807) is 0 Å². The van der Waals surface area contributed by atoms with Gasteiger partial charge in [-0.1, -0.05) is 19.9 Å². The molecular formula is C20H28O2. The molecule has 1 aromatic carbocycles. The first-order chi connectivity index (χ1) is 10.6. The van der Waals surface area contributed by atoms with Crippen LogP contribution in [0.25, 0.3) is 0 Å². The zero-order valence-corrected chi connectivity index (χ0v) is 13.8. The highest BCUT2D eigenvalue weighted by atomic mass is 16.5. The molecule has 1 saturated carbocycles. The molecule has 0 amide bonds. The Morgan fingerprint density at radius 1 is 1.32 bits per heavy atom. The quantitative estimate of drug-likeness (QED) is 0.875. The number of ether oxygens (including phenoxy) is 1. The van der Waals surface area contributed by atoms with Crippen molar-refractivity contribution in [1.82, 2.24) is 0 Å². The van der Waals surface area contributed by atoms with E-state index in [1.807, 2.05) is 12.1 Å². The van der Waals surface area contributed by atoms with Crippen molar-refractivity contribution >= 4 is 0 Å². The number of hydrogen-bond acceptors (Lipinski definition) is 2. The van der Waals surface area contributed by atoms with Gasteiger partial charge in [0.25, 0.3) is 0 Å². The number of aromatic hydroxyl groups is 1. The maximum absolute atomic E-state index is 9.91. The smallest absolute Gasteiger partial charge is 0.115 e. The number of hydrogen-bond donors (Lipinski definition) is 1. The van der Waals surface area contributed by atoms with Crippen LogP contribution < -0.4 is 0 Å². The van der Waals surface area contributed by atoms with Crippen LogP contribution in [0.2, 0.25) is 0 Å². The van der Waals surface area contributed by atoms with Crippen LogP contribution in [0.15, 0.2) is 18.2 Å². The number of phenols is 1. The molecule has 0 aromatic heterocycles. The van der Waals surface area contributed by atoms with E-state index in [0.29, 0.717) is 17.8 Å². The lowest BCUT2D eigenvalue weighted by Crippen LogP contribution is -2.48. The fourth-order valence-electron chi connectivity index (χ4n) is 5.52. The standard InChI is InChI=1S/C20H28O2/c1-13-18-11-15-5-6-16(21)12-19(15)20(13,2)8-7-14(18)10-17-4-3-9-22-17/h5-6,12-14,17-18,21H,3-4,7-11H2,1-2H3/t13-,14?,17-,18+,20-/m0/s1. The molecule has 2 nitrogen and oxygen atoms in total. The first kappa shape index (κ1) is 14.6. The zero-order chi connectivity index (χ0) is 15.3. The molecule has 2 fully saturated rings. The van der Waals surface area contributed by atoms with Crippen molar-refractivity contribution in [3.63, 3.8) is 0 Å². The molecular weight excluding hydrogens is 272 g/mol. The third-order valence-electron chi connectivity index (χ3n) is 7.04. The second kappa shape index (κ2) is 5.26. The van der Waals surface area contributed by atoms with Crippen molar-refractivity contribution < 1.29 is 9.84 Å². The van der Waals surface area contributed by atoms with Gasteiger partial charge in [-0.05, 0) is 85.0 Å². The molecule has 2 aliphatic carbocycles. The van der Waals surface area contributed by atoms with E-state index in [2.05, 4.69) is 19.9 Å². The molecule has 120 valence electrons. The van der Waals surface area contributed by atoms with Crippen molar-refractivity contribution in [2.75, 3.05) is 6.61 Å². The molecule has 4 rings (SSSR count).